The summed E-state index contributed by atoms with van der Waals surface area (Å²) in [6.45, 7) is 5.71. The Bertz CT molecular complexity index is 1080. The number of hydrogen-bond donors (Lipinski definition) is 1. The van der Waals surface area contributed by atoms with E-state index in [0.29, 0.717) is 12.1 Å². The van der Waals surface area contributed by atoms with Crippen LogP contribution in [0.2, 0.25) is 0 Å². The molecule has 3 heterocycles. The van der Waals surface area contributed by atoms with Crippen LogP contribution >= 0.6 is 11.3 Å². The number of thiophene rings is 1. The Morgan fingerprint density at radius 3 is 2.83 bits per heavy atom. The molecule has 0 amide bonds. The molecule has 0 unspecified atom stereocenters. The van der Waals surface area contributed by atoms with Gasteiger partial charge in [-0.15, -0.1) is 11.3 Å². The van der Waals surface area contributed by atoms with Gasteiger partial charge in [-0.05, 0) is 37.8 Å². The molecule has 3 aromatic rings. The van der Waals surface area contributed by atoms with Crippen LogP contribution in [0.3, 0.4) is 0 Å². The van der Waals surface area contributed by atoms with Crippen LogP contribution < -0.4 is 5.32 Å². The van der Waals surface area contributed by atoms with Gasteiger partial charge in [0.2, 0.25) is 0 Å². The molecular weight excluding hydrogens is 406 g/mol. The van der Waals surface area contributed by atoms with Crippen molar-refractivity contribution in [1.82, 2.24) is 14.9 Å². The zero-order valence-electron chi connectivity index (χ0n) is 16.9. The topological polar surface area (TPSA) is 50.3 Å². The minimum atomic E-state index is -0.573. The van der Waals surface area contributed by atoms with Gasteiger partial charge < -0.3 is 10.1 Å². The Hall–Kier alpha value is -2.16. The lowest BCUT2D eigenvalue weighted by atomic mass is 10.1. The summed E-state index contributed by atoms with van der Waals surface area (Å²) in [4.78, 5) is 14.4. The summed E-state index contributed by atoms with van der Waals surface area (Å²) in [6.07, 6.45) is 3.25. The van der Waals surface area contributed by atoms with Crippen LogP contribution in [-0.4, -0.2) is 41.2 Å². The van der Waals surface area contributed by atoms with Crippen molar-refractivity contribution in [1.29, 1.82) is 0 Å². The number of morpholine rings is 1. The van der Waals surface area contributed by atoms with Crippen molar-refractivity contribution in [2.24, 2.45) is 0 Å². The Morgan fingerprint density at radius 1 is 1.20 bits per heavy atom. The first-order valence-electron chi connectivity index (χ1n) is 10.4. The van der Waals surface area contributed by atoms with E-state index in [1.165, 1.54) is 22.6 Å². The summed E-state index contributed by atoms with van der Waals surface area (Å²) in [7, 11) is 0. The number of hydrogen-bond acceptors (Lipinski definition) is 6. The van der Waals surface area contributed by atoms with Gasteiger partial charge in [0.1, 0.15) is 28.1 Å². The second-order valence-electron chi connectivity index (χ2n) is 7.95. The Kier molecular flexibility index (Phi) is 5.39. The van der Waals surface area contributed by atoms with Crippen LogP contribution in [-0.2, 0) is 24.1 Å². The largest absolute Gasteiger partial charge is 0.379 e. The molecule has 158 valence electrons. The Balaban J connectivity index is 1.51. The average Bonchev–Trinajstić information content (AvgIpc) is 3.29. The van der Waals surface area contributed by atoms with E-state index in [0.717, 1.165) is 73.5 Å². The van der Waals surface area contributed by atoms with E-state index in [1.807, 2.05) is 6.92 Å². The quantitative estimate of drug-likeness (QED) is 0.648. The highest BCUT2D eigenvalue weighted by Gasteiger charge is 2.24. The minimum Gasteiger partial charge on any atom is -0.379 e. The van der Waals surface area contributed by atoms with Crippen molar-refractivity contribution in [2.45, 2.75) is 38.8 Å². The molecule has 30 heavy (non-hydrogen) atoms. The maximum Gasteiger partial charge on any atom is 0.146 e. The third-order valence-electron chi connectivity index (χ3n) is 5.86. The van der Waals surface area contributed by atoms with E-state index in [4.69, 9.17) is 14.7 Å². The van der Waals surface area contributed by atoms with Crippen LogP contribution in [0.25, 0.3) is 10.2 Å². The molecule has 0 saturated carbocycles. The van der Waals surface area contributed by atoms with E-state index in [9.17, 15) is 8.78 Å². The van der Waals surface area contributed by atoms with Crippen molar-refractivity contribution in [3.05, 3.63) is 51.7 Å². The van der Waals surface area contributed by atoms with Crippen molar-refractivity contribution < 1.29 is 13.5 Å². The molecule has 0 spiro atoms. The first-order chi connectivity index (χ1) is 14.6. The number of fused-ring (bicyclic) bond motifs is 3. The molecule has 0 radical (unpaired) electrons. The number of aromatic nitrogens is 2. The lowest BCUT2D eigenvalue weighted by Crippen LogP contribution is -2.36. The number of benzene rings is 1. The molecule has 8 heteroatoms. The molecule has 1 atom stereocenters. The first kappa shape index (κ1) is 19.8. The summed E-state index contributed by atoms with van der Waals surface area (Å²) in [6, 6.07) is 3.36. The molecule has 1 aliphatic carbocycles. The predicted molar refractivity (Wildman–Crippen MR) is 114 cm³/mol. The molecule has 1 aromatic carbocycles. The van der Waals surface area contributed by atoms with Crippen LogP contribution in [0.1, 0.15) is 41.2 Å². The van der Waals surface area contributed by atoms with Gasteiger partial charge in [0.25, 0.3) is 0 Å². The van der Waals surface area contributed by atoms with Gasteiger partial charge in [0.05, 0.1) is 31.2 Å². The molecule has 2 aliphatic rings. The fraction of sp³-hybridized carbons (Fsp3) is 0.455. The van der Waals surface area contributed by atoms with Gasteiger partial charge >= 0.3 is 0 Å². The number of ether oxygens (including phenoxy) is 1. The minimum absolute atomic E-state index is 0.350. The molecule has 2 aromatic heterocycles. The molecule has 1 fully saturated rings. The monoisotopic (exact) mass is 430 g/mol. The van der Waals surface area contributed by atoms with Crippen LogP contribution in [0.4, 0.5) is 14.6 Å². The Morgan fingerprint density at radius 2 is 2.03 bits per heavy atom. The summed E-state index contributed by atoms with van der Waals surface area (Å²) in [5.74, 6) is 0.387. The van der Waals surface area contributed by atoms with Crippen molar-refractivity contribution in [2.75, 3.05) is 31.6 Å². The van der Waals surface area contributed by atoms with Gasteiger partial charge in [-0.3, -0.25) is 4.90 Å². The van der Waals surface area contributed by atoms with Gasteiger partial charge in [0, 0.05) is 29.6 Å². The second kappa shape index (κ2) is 8.17. The predicted octanol–water partition coefficient (Wildman–Crippen LogP) is 4.46. The Labute approximate surface area is 178 Å². The number of nitrogens with zero attached hydrogens (tertiary/aromatic N) is 3. The lowest BCUT2D eigenvalue weighted by molar-refractivity contribution is 0.0331. The van der Waals surface area contributed by atoms with E-state index >= 15 is 0 Å². The summed E-state index contributed by atoms with van der Waals surface area (Å²) >= 11 is 1.75. The fourth-order valence-electron chi connectivity index (χ4n) is 4.31. The summed E-state index contributed by atoms with van der Waals surface area (Å²) in [5, 5.41) is 4.47. The highest BCUT2D eigenvalue weighted by Crippen LogP contribution is 2.40. The van der Waals surface area contributed by atoms with Gasteiger partial charge in [0.15, 0.2) is 0 Å². The zero-order chi connectivity index (χ0) is 20.7. The molecule has 5 nitrogen and oxygen atoms in total. The molecule has 1 N–H and O–H groups in total. The normalized spacial score (nSPS) is 18.0. The maximum absolute atomic E-state index is 14.3. The number of aryl methyl sites for hydroxylation is 2. The van der Waals surface area contributed by atoms with Crippen LogP contribution in [0.5, 0.6) is 0 Å². The molecule has 1 aliphatic heterocycles. The SMILES string of the molecule is C[C@H](Nc1nc(CN2CCOCC2)nc2sc3c(c12)CCC3)c1ccc(F)cc1F. The van der Waals surface area contributed by atoms with E-state index in [-0.39, 0.29) is 6.04 Å². The van der Waals surface area contributed by atoms with Crippen LogP contribution in [0, 0.1) is 11.6 Å². The van der Waals surface area contributed by atoms with E-state index in [1.54, 1.807) is 11.3 Å². The van der Waals surface area contributed by atoms with Gasteiger partial charge in [-0.25, -0.2) is 18.7 Å². The van der Waals surface area contributed by atoms with Gasteiger partial charge in [-0.2, -0.15) is 0 Å². The summed E-state index contributed by atoms with van der Waals surface area (Å²) in [5.41, 5.74) is 1.74. The van der Waals surface area contributed by atoms with E-state index in [2.05, 4.69) is 10.2 Å². The standard InChI is InChI=1S/C22H24F2N4OS/c1-13(15-6-5-14(23)11-17(15)24)25-21-20-16-3-2-4-18(16)30-22(20)27-19(26-21)12-28-7-9-29-10-8-28/h5-6,11,13H,2-4,7-10,12H2,1H3,(H,25,26,27)/t13-/m0/s1. The lowest BCUT2D eigenvalue weighted by Gasteiger charge is -2.26. The highest BCUT2D eigenvalue weighted by atomic mass is 32.1. The highest BCUT2D eigenvalue weighted by molar-refractivity contribution is 7.19. The van der Waals surface area contributed by atoms with E-state index < -0.39 is 11.6 Å². The van der Waals surface area contributed by atoms with Crippen molar-refractivity contribution >= 4 is 27.4 Å². The first-order valence-corrected chi connectivity index (χ1v) is 11.2. The summed E-state index contributed by atoms with van der Waals surface area (Å²) < 4.78 is 33.1. The third-order valence-corrected chi connectivity index (χ3v) is 7.05. The van der Waals surface area contributed by atoms with Crippen molar-refractivity contribution in [3.8, 4) is 0 Å². The zero-order valence-corrected chi connectivity index (χ0v) is 17.7. The molecular formula is C22H24F2N4OS. The smallest absolute Gasteiger partial charge is 0.146 e. The maximum atomic E-state index is 14.3. The average molecular weight is 431 g/mol. The second-order valence-corrected chi connectivity index (χ2v) is 9.03. The number of anilines is 1. The van der Waals surface area contributed by atoms with Gasteiger partial charge in [-0.1, -0.05) is 6.07 Å². The molecule has 1 saturated heterocycles. The number of halogens is 2. The third kappa shape index (κ3) is 3.79. The number of nitrogens with one attached hydrogen (secondary N) is 1. The van der Waals surface area contributed by atoms with Crippen molar-refractivity contribution in [3.63, 3.8) is 0 Å². The molecule has 0 bridgehead atoms. The number of rotatable bonds is 5. The molecule has 5 rings (SSSR count). The van der Waals surface area contributed by atoms with Crippen LogP contribution in [0.15, 0.2) is 18.2 Å². The fourth-order valence-corrected chi connectivity index (χ4v) is 5.59.